The Morgan fingerprint density at radius 3 is 2.50 bits per heavy atom. The Hall–Kier alpha value is -0.420. The van der Waals surface area contributed by atoms with Gasteiger partial charge in [-0.15, -0.1) is 0 Å². The summed E-state index contributed by atoms with van der Waals surface area (Å²) in [6.07, 6.45) is -0.0907. The summed E-state index contributed by atoms with van der Waals surface area (Å²) in [7, 11) is 0. The van der Waals surface area contributed by atoms with E-state index >= 15 is 0 Å². The molecule has 0 N–H and O–H groups in total. The van der Waals surface area contributed by atoms with Gasteiger partial charge in [0.15, 0.2) is 6.29 Å². The molecule has 0 aliphatic carbocycles. The Kier molecular flexibility index (Phi) is 4.78. The third-order valence-electron chi connectivity index (χ3n) is 2.39. The van der Waals surface area contributed by atoms with Crippen LogP contribution in [-0.2, 0) is 20.8 Å². The van der Waals surface area contributed by atoms with Crippen LogP contribution in [0, 0.1) is 0 Å². The smallest absolute Gasteiger partial charge is 0.167 e. The van der Waals surface area contributed by atoms with Gasteiger partial charge in [-0.3, -0.25) is 0 Å². The molecule has 2 rings (SSSR count). The molecule has 1 aromatic rings. The average Bonchev–Trinajstić information content (AvgIpc) is 2.38. The fourth-order valence-corrected chi connectivity index (χ4v) is 1.87. The number of halogens is 1. The molecule has 0 radical (unpaired) electrons. The van der Waals surface area contributed by atoms with Crippen LogP contribution in [-0.4, -0.2) is 30.9 Å². The van der Waals surface area contributed by atoms with Gasteiger partial charge in [0.05, 0.1) is 25.2 Å². The van der Waals surface area contributed by atoms with Crippen LogP contribution in [0.2, 0.25) is 0 Å². The minimum Gasteiger partial charge on any atom is -0.369 e. The highest BCUT2D eigenvalue weighted by atomic mass is 79.9. The molecule has 0 atom stereocenters. The van der Waals surface area contributed by atoms with Crippen molar-refractivity contribution in [1.29, 1.82) is 0 Å². The molecule has 1 fully saturated rings. The number of hydrogen-bond donors (Lipinski definition) is 0. The van der Waals surface area contributed by atoms with Crippen LogP contribution in [0.3, 0.4) is 0 Å². The largest absolute Gasteiger partial charge is 0.369 e. The number of alkyl halides is 1. The van der Waals surface area contributed by atoms with Crippen molar-refractivity contribution in [2.75, 3.05) is 18.5 Å². The van der Waals surface area contributed by atoms with E-state index in [1.807, 2.05) is 30.3 Å². The third kappa shape index (κ3) is 3.56. The van der Waals surface area contributed by atoms with Crippen molar-refractivity contribution in [3.63, 3.8) is 0 Å². The molecule has 1 aliphatic heterocycles. The Morgan fingerprint density at radius 1 is 1.19 bits per heavy atom. The first-order valence-electron chi connectivity index (χ1n) is 5.33. The van der Waals surface area contributed by atoms with E-state index in [0.717, 1.165) is 0 Å². The summed E-state index contributed by atoms with van der Waals surface area (Å²) in [6.45, 7) is 1.81. The molecular weight excluding hydrogens is 272 g/mol. The van der Waals surface area contributed by atoms with E-state index in [1.54, 1.807) is 0 Å². The molecule has 1 saturated heterocycles. The molecule has 1 heterocycles. The van der Waals surface area contributed by atoms with Crippen LogP contribution in [0.4, 0.5) is 0 Å². The molecule has 0 aromatic heterocycles. The summed E-state index contributed by atoms with van der Waals surface area (Å²) < 4.78 is 16.6. The molecule has 0 spiro atoms. The number of ether oxygens (including phenoxy) is 3. The molecule has 1 aliphatic rings. The molecule has 16 heavy (non-hydrogen) atoms. The number of benzene rings is 1. The van der Waals surface area contributed by atoms with Crippen LogP contribution in [0.25, 0.3) is 0 Å². The minimum atomic E-state index is -0.128. The molecule has 0 amide bonds. The zero-order valence-corrected chi connectivity index (χ0v) is 10.6. The van der Waals surface area contributed by atoms with Gasteiger partial charge in [-0.2, -0.15) is 0 Å². The quantitative estimate of drug-likeness (QED) is 0.796. The monoisotopic (exact) mass is 286 g/mol. The average molecular weight is 287 g/mol. The first-order valence-corrected chi connectivity index (χ1v) is 6.45. The lowest BCUT2D eigenvalue weighted by atomic mass is 10.2. The van der Waals surface area contributed by atoms with Gasteiger partial charge < -0.3 is 14.2 Å². The highest BCUT2D eigenvalue weighted by Gasteiger charge is 2.21. The van der Waals surface area contributed by atoms with Crippen molar-refractivity contribution in [2.45, 2.75) is 19.0 Å². The normalized spacial score (nSPS) is 25.6. The summed E-state index contributed by atoms with van der Waals surface area (Å²) >= 11 is 3.32. The summed E-state index contributed by atoms with van der Waals surface area (Å²) in [6, 6.07) is 10.1. The van der Waals surface area contributed by atoms with Gasteiger partial charge in [-0.05, 0) is 5.56 Å². The van der Waals surface area contributed by atoms with Crippen molar-refractivity contribution in [3.8, 4) is 0 Å². The van der Waals surface area contributed by atoms with Gasteiger partial charge in [0, 0.05) is 0 Å². The van der Waals surface area contributed by atoms with Crippen LogP contribution >= 0.6 is 15.9 Å². The van der Waals surface area contributed by atoms with E-state index in [0.29, 0.717) is 25.2 Å². The zero-order valence-electron chi connectivity index (χ0n) is 8.97. The second-order valence-electron chi connectivity index (χ2n) is 3.67. The van der Waals surface area contributed by atoms with Crippen LogP contribution in [0.5, 0.6) is 0 Å². The fourth-order valence-electron chi connectivity index (χ4n) is 1.50. The summed E-state index contributed by atoms with van der Waals surface area (Å²) in [4.78, 5) is 0. The van der Waals surface area contributed by atoms with Crippen molar-refractivity contribution in [2.24, 2.45) is 0 Å². The zero-order chi connectivity index (χ0) is 11.2. The van der Waals surface area contributed by atoms with Crippen molar-refractivity contribution >= 4 is 15.9 Å². The molecule has 0 unspecified atom stereocenters. The van der Waals surface area contributed by atoms with Crippen molar-refractivity contribution in [3.05, 3.63) is 35.9 Å². The van der Waals surface area contributed by atoms with E-state index in [1.165, 1.54) is 5.56 Å². The molecule has 0 bridgehead atoms. The Labute approximate surface area is 104 Å². The van der Waals surface area contributed by atoms with Gasteiger partial charge in [0.25, 0.3) is 0 Å². The Morgan fingerprint density at radius 2 is 1.88 bits per heavy atom. The van der Waals surface area contributed by atoms with E-state index in [9.17, 15) is 0 Å². The fraction of sp³-hybridized carbons (Fsp3) is 0.500. The van der Waals surface area contributed by atoms with E-state index in [-0.39, 0.29) is 12.4 Å². The van der Waals surface area contributed by atoms with Crippen LogP contribution < -0.4 is 0 Å². The lowest BCUT2D eigenvalue weighted by molar-refractivity contribution is -0.217. The van der Waals surface area contributed by atoms with Gasteiger partial charge in [0.2, 0.25) is 0 Å². The number of rotatable bonds is 4. The van der Waals surface area contributed by atoms with E-state index in [4.69, 9.17) is 14.2 Å². The van der Waals surface area contributed by atoms with E-state index < -0.39 is 0 Å². The highest BCUT2D eigenvalue weighted by molar-refractivity contribution is 9.09. The molecule has 1 aromatic carbocycles. The summed E-state index contributed by atoms with van der Waals surface area (Å²) in [5, 5.41) is 0.707. The second-order valence-corrected chi connectivity index (χ2v) is 4.32. The number of hydrogen-bond acceptors (Lipinski definition) is 3. The maximum absolute atomic E-state index is 5.70. The maximum Gasteiger partial charge on any atom is 0.167 e. The molecule has 3 nitrogen and oxygen atoms in total. The predicted octanol–water partition coefficient (Wildman–Crippen LogP) is 2.34. The lowest BCUT2D eigenvalue weighted by Crippen LogP contribution is -2.37. The van der Waals surface area contributed by atoms with Crippen molar-refractivity contribution < 1.29 is 14.2 Å². The molecular formula is C12H15BrO3. The molecule has 88 valence electrons. The third-order valence-corrected chi connectivity index (χ3v) is 2.92. The minimum absolute atomic E-state index is 0.0375. The van der Waals surface area contributed by atoms with Crippen LogP contribution in [0.1, 0.15) is 5.56 Å². The Bertz CT molecular complexity index is 296. The second kappa shape index (κ2) is 6.35. The van der Waals surface area contributed by atoms with Gasteiger partial charge in [-0.25, -0.2) is 0 Å². The van der Waals surface area contributed by atoms with Crippen molar-refractivity contribution in [1.82, 2.24) is 0 Å². The van der Waals surface area contributed by atoms with E-state index in [2.05, 4.69) is 15.9 Å². The predicted molar refractivity (Wildman–Crippen MR) is 64.5 cm³/mol. The first-order chi connectivity index (χ1) is 7.88. The van der Waals surface area contributed by atoms with Gasteiger partial charge >= 0.3 is 0 Å². The summed E-state index contributed by atoms with van der Waals surface area (Å²) in [5.74, 6) is 0. The first kappa shape index (κ1) is 12.0. The van der Waals surface area contributed by atoms with Gasteiger partial charge in [0.1, 0.15) is 6.10 Å². The Balaban J connectivity index is 1.72. The van der Waals surface area contributed by atoms with Crippen LogP contribution in [0.15, 0.2) is 30.3 Å². The summed E-state index contributed by atoms with van der Waals surface area (Å²) in [5.41, 5.74) is 1.17. The lowest BCUT2D eigenvalue weighted by Gasteiger charge is -2.28. The van der Waals surface area contributed by atoms with Gasteiger partial charge in [-0.1, -0.05) is 46.3 Å². The topological polar surface area (TPSA) is 27.7 Å². The molecule has 0 saturated carbocycles. The maximum atomic E-state index is 5.70. The molecule has 4 heteroatoms. The SMILES string of the molecule is BrCC1OCC(OCc2ccccc2)CO1. The highest BCUT2D eigenvalue weighted by Crippen LogP contribution is 2.12. The standard InChI is InChI=1S/C12H15BrO3/c13-6-12-15-8-11(9-16-12)14-7-10-4-2-1-3-5-10/h1-5,11-12H,6-9H2.